The van der Waals surface area contributed by atoms with Crippen molar-refractivity contribution in [1.29, 1.82) is 0 Å². The Morgan fingerprint density at radius 1 is 0.963 bits per heavy atom. The Balaban J connectivity index is 1.76. The van der Waals surface area contributed by atoms with Crippen molar-refractivity contribution in [3.05, 3.63) is 75.5 Å². The molecule has 1 aromatic heterocycles. The van der Waals surface area contributed by atoms with Gasteiger partial charge >= 0.3 is 11.9 Å². The molecule has 0 bridgehead atoms. The molecular weight excluding hydrogens is 392 g/mol. The van der Waals surface area contributed by atoms with Crippen LogP contribution >= 0.6 is 11.6 Å². The standard InChI is InChI=1S/C17H9ClF4N2O3/c18-13-6-5-11(7-12(13)17(20,21)22)26-9-1-3-10(4-2-9)27-15-14(19)8-23-16(25)24-15/h1-8H,(H,23,24,25). The Morgan fingerprint density at radius 2 is 1.56 bits per heavy atom. The highest BCUT2D eigenvalue weighted by atomic mass is 35.5. The lowest BCUT2D eigenvalue weighted by Gasteiger charge is -2.12. The molecule has 140 valence electrons. The molecule has 0 amide bonds. The maximum absolute atomic E-state index is 13.5. The second-order valence-corrected chi connectivity index (χ2v) is 5.59. The van der Waals surface area contributed by atoms with Crippen molar-refractivity contribution in [2.24, 2.45) is 0 Å². The van der Waals surface area contributed by atoms with E-state index in [1.807, 2.05) is 0 Å². The predicted octanol–water partition coefficient (Wildman–Crippen LogP) is 5.17. The monoisotopic (exact) mass is 400 g/mol. The normalized spacial score (nSPS) is 11.3. The van der Waals surface area contributed by atoms with E-state index < -0.39 is 34.1 Å². The first-order valence-electron chi connectivity index (χ1n) is 7.30. The average Bonchev–Trinajstić information content (AvgIpc) is 2.60. The number of hydrogen-bond acceptors (Lipinski definition) is 4. The molecule has 1 N–H and O–H groups in total. The number of benzene rings is 2. The molecule has 0 aliphatic carbocycles. The molecule has 2 aromatic carbocycles. The van der Waals surface area contributed by atoms with Crippen LogP contribution < -0.4 is 15.2 Å². The van der Waals surface area contributed by atoms with Gasteiger partial charge in [0.15, 0.2) is 0 Å². The van der Waals surface area contributed by atoms with E-state index in [-0.39, 0.29) is 17.2 Å². The molecule has 10 heteroatoms. The first kappa shape index (κ1) is 18.7. The van der Waals surface area contributed by atoms with Crippen molar-refractivity contribution in [3.8, 4) is 23.1 Å². The highest BCUT2D eigenvalue weighted by molar-refractivity contribution is 6.31. The van der Waals surface area contributed by atoms with E-state index in [9.17, 15) is 22.4 Å². The van der Waals surface area contributed by atoms with Gasteiger partial charge in [0.2, 0.25) is 11.7 Å². The van der Waals surface area contributed by atoms with Crippen molar-refractivity contribution in [3.63, 3.8) is 0 Å². The molecule has 0 atom stereocenters. The Hall–Kier alpha value is -3.07. The average molecular weight is 401 g/mol. The summed E-state index contributed by atoms with van der Waals surface area (Å²) in [4.78, 5) is 16.4. The third-order valence-corrected chi connectivity index (χ3v) is 3.58. The minimum atomic E-state index is -4.61. The molecule has 3 aromatic rings. The van der Waals surface area contributed by atoms with Crippen LogP contribution in [0.2, 0.25) is 5.02 Å². The van der Waals surface area contributed by atoms with Crippen LogP contribution in [0.25, 0.3) is 0 Å². The minimum absolute atomic E-state index is 0.0649. The van der Waals surface area contributed by atoms with Crippen molar-refractivity contribution >= 4 is 11.6 Å². The topological polar surface area (TPSA) is 64.2 Å². The SMILES string of the molecule is O=c1ncc(F)c(Oc2ccc(Oc3ccc(Cl)c(C(F)(F)F)c3)cc2)[nH]1. The number of H-pyrrole nitrogens is 1. The molecule has 0 saturated heterocycles. The van der Waals surface area contributed by atoms with Crippen LogP contribution in [0.5, 0.6) is 23.1 Å². The van der Waals surface area contributed by atoms with Crippen LogP contribution in [0, 0.1) is 5.82 Å². The highest BCUT2D eigenvalue weighted by Crippen LogP contribution is 2.37. The fourth-order valence-electron chi connectivity index (χ4n) is 2.05. The van der Waals surface area contributed by atoms with Gasteiger partial charge in [-0.25, -0.2) is 4.79 Å². The van der Waals surface area contributed by atoms with Crippen molar-refractivity contribution < 1.29 is 27.0 Å². The second kappa shape index (κ2) is 7.28. The van der Waals surface area contributed by atoms with Gasteiger partial charge in [0.25, 0.3) is 0 Å². The lowest BCUT2D eigenvalue weighted by molar-refractivity contribution is -0.137. The molecule has 0 aliphatic heterocycles. The zero-order valence-corrected chi connectivity index (χ0v) is 13.9. The molecule has 5 nitrogen and oxygen atoms in total. The molecule has 3 rings (SSSR count). The summed E-state index contributed by atoms with van der Waals surface area (Å²) in [5.41, 5.74) is -1.80. The van der Waals surface area contributed by atoms with Gasteiger partial charge in [0, 0.05) is 0 Å². The lowest BCUT2D eigenvalue weighted by atomic mass is 10.2. The van der Waals surface area contributed by atoms with Gasteiger partial charge in [-0.2, -0.15) is 22.5 Å². The number of hydrogen-bond donors (Lipinski definition) is 1. The molecule has 1 heterocycles. The number of nitrogens with one attached hydrogen (secondary N) is 1. The van der Waals surface area contributed by atoms with E-state index in [4.69, 9.17) is 21.1 Å². The van der Waals surface area contributed by atoms with Crippen LogP contribution in [-0.2, 0) is 6.18 Å². The van der Waals surface area contributed by atoms with Gasteiger partial charge in [-0.3, -0.25) is 4.98 Å². The first-order valence-corrected chi connectivity index (χ1v) is 7.67. The Bertz CT molecular complexity index is 1020. The summed E-state index contributed by atoms with van der Waals surface area (Å²) < 4.78 is 62.7. The quantitative estimate of drug-likeness (QED) is 0.614. The van der Waals surface area contributed by atoms with Crippen molar-refractivity contribution in [2.75, 3.05) is 0 Å². The fourth-order valence-corrected chi connectivity index (χ4v) is 2.28. The van der Waals surface area contributed by atoms with Crippen molar-refractivity contribution in [1.82, 2.24) is 9.97 Å². The number of alkyl halides is 3. The number of aromatic amines is 1. The summed E-state index contributed by atoms with van der Waals surface area (Å²) in [5.74, 6) is -0.978. The van der Waals surface area contributed by atoms with Crippen LogP contribution in [0.3, 0.4) is 0 Å². The van der Waals surface area contributed by atoms with Gasteiger partial charge < -0.3 is 9.47 Å². The summed E-state index contributed by atoms with van der Waals surface area (Å²) >= 11 is 5.55. The zero-order valence-electron chi connectivity index (χ0n) is 13.2. The Labute approximate surface area is 154 Å². The molecular formula is C17H9ClF4N2O3. The predicted molar refractivity (Wildman–Crippen MR) is 87.9 cm³/mol. The smallest absolute Gasteiger partial charge is 0.417 e. The summed E-state index contributed by atoms with van der Waals surface area (Å²) in [6.07, 6.45) is -3.90. The molecule has 0 radical (unpaired) electrons. The van der Waals surface area contributed by atoms with Gasteiger partial charge in [-0.1, -0.05) is 11.6 Å². The molecule has 0 unspecified atom stereocenters. The largest absolute Gasteiger partial charge is 0.457 e. The summed E-state index contributed by atoms with van der Waals surface area (Å²) in [5, 5.41) is -0.438. The number of rotatable bonds is 4. The molecule has 27 heavy (non-hydrogen) atoms. The summed E-state index contributed by atoms with van der Waals surface area (Å²) in [7, 11) is 0. The molecule has 0 fully saturated rings. The van der Waals surface area contributed by atoms with E-state index in [1.54, 1.807) is 0 Å². The number of halogens is 5. The third kappa shape index (κ3) is 4.56. The maximum atomic E-state index is 13.5. The lowest BCUT2D eigenvalue weighted by Crippen LogP contribution is -2.11. The first-order chi connectivity index (χ1) is 12.7. The van der Waals surface area contributed by atoms with E-state index in [2.05, 4.69) is 9.97 Å². The van der Waals surface area contributed by atoms with Gasteiger partial charge in [-0.15, -0.1) is 0 Å². The summed E-state index contributed by atoms with van der Waals surface area (Å²) in [6.45, 7) is 0. The van der Waals surface area contributed by atoms with Crippen LogP contribution in [0.1, 0.15) is 5.56 Å². The number of aromatic nitrogens is 2. The van der Waals surface area contributed by atoms with Gasteiger partial charge in [0.05, 0.1) is 16.8 Å². The van der Waals surface area contributed by atoms with Crippen LogP contribution in [-0.4, -0.2) is 9.97 Å². The minimum Gasteiger partial charge on any atom is -0.457 e. The molecule has 0 saturated carbocycles. The van der Waals surface area contributed by atoms with Crippen LogP contribution in [0.4, 0.5) is 17.6 Å². The second-order valence-electron chi connectivity index (χ2n) is 5.18. The fraction of sp³-hybridized carbons (Fsp3) is 0.0588. The van der Waals surface area contributed by atoms with E-state index in [0.29, 0.717) is 6.20 Å². The molecule has 0 spiro atoms. The third-order valence-electron chi connectivity index (χ3n) is 3.26. The summed E-state index contributed by atoms with van der Waals surface area (Å²) in [6, 6.07) is 8.72. The highest BCUT2D eigenvalue weighted by Gasteiger charge is 2.33. The van der Waals surface area contributed by atoms with Crippen LogP contribution in [0.15, 0.2) is 53.5 Å². The molecule has 0 aliphatic rings. The number of nitrogens with zero attached hydrogens (tertiary/aromatic N) is 1. The van der Waals surface area contributed by atoms with Gasteiger partial charge in [-0.05, 0) is 42.5 Å². The Morgan fingerprint density at radius 3 is 2.19 bits per heavy atom. The Kier molecular flexibility index (Phi) is 5.04. The van der Waals surface area contributed by atoms with Crippen molar-refractivity contribution in [2.45, 2.75) is 6.18 Å². The van der Waals surface area contributed by atoms with E-state index in [1.165, 1.54) is 30.3 Å². The zero-order chi connectivity index (χ0) is 19.6. The maximum Gasteiger partial charge on any atom is 0.417 e. The van der Waals surface area contributed by atoms with Gasteiger partial charge in [0.1, 0.15) is 17.2 Å². The van der Waals surface area contributed by atoms with E-state index >= 15 is 0 Å². The van der Waals surface area contributed by atoms with E-state index in [0.717, 1.165) is 12.1 Å². The number of ether oxygens (including phenoxy) is 2.